The molecule has 1 aromatic heterocycles. The van der Waals surface area contributed by atoms with Gasteiger partial charge < -0.3 is 9.74 Å². The predicted octanol–water partition coefficient (Wildman–Crippen LogP) is 4.22. The summed E-state index contributed by atoms with van der Waals surface area (Å²) in [5.41, 5.74) is 1.86. The molecule has 0 N–H and O–H groups in total. The molecular weight excluding hydrogens is 344 g/mol. The van der Waals surface area contributed by atoms with Crippen LogP contribution in [0, 0.1) is 0 Å². The van der Waals surface area contributed by atoms with Gasteiger partial charge in [-0.05, 0) is 29.1 Å². The Hall–Kier alpha value is -2.11. The van der Waals surface area contributed by atoms with E-state index in [1.165, 1.54) is 11.3 Å². The molecule has 4 nitrogen and oxygen atoms in total. The molecule has 1 unspecified atom stereocenters. The van der Waals surface area contributed by atoms with E-state index < -0.39 is 0 Å². The summed E-state index contributed by atoms with van der Waals surface area (Å²) in [7, 11) is 0. The molecule has 1 aliphatic rings. The fourth-order valence-electron chi connectivity index (χ4n) is 2.54. The third kappa shape index (κ3) is 3.86. The van der Waals surface area contributed by atoms with Crippen LogP contribution in [0.1, 0.15) is 21.7 Å². The molecule has 1 aliphatic heterocycles. The van der Waals surface area contributed by atoms with E-state index in [9.17, 15) is 4.79 Å². The third-order valence-corrected chi connectivity index (χ3v) is 4.81. The molecule has 6 heteroatoms. The number of halogens is 1. The Morgan fingerprint density at radius 3 is 2.88 bits per heavy atom. The van der Waals surface area contributed by atoms with Gasteiger partial charge in [-0.25, -0.2) is 0 Å². The van der Waals surface area contributed by atoms with Gasteiger partial charge in [0.05, 0.1) is 17.1 Å². The van der Waals surface area contributed by atoms with Crippen LogP contribution in [0.15, 0.2) is 59.6 Å². The van der Waals surface area contributed by atoms with Crippen molar-refractivity contribution >= 4 is 34.6 Å². The van der Waals surface area contributed by atoms with Crippen molar-refractivity contribution in [2.45, 2.75) is 12.5 Å². The van der Waals surface area contributed by atoms with Crippen molar-refractivity contribution in [2.75, 3.05) is 13.1 Å². The van der Waals surface area contributed by atoms with E-state index in [0.29, 0.717) is 29.4 Å². The monoisotopic (exact) mass is 360 g/mol. The van der Waals surface area contributed by atoms with Gasteiger partial charge in [0.25, 0.3) is 5.91 Å². The number of carbonyl (C=O) groups is 1. The van der Waals surface area contributed by atoms with E-state index in [0.717, 1.165) is 11.3 Å². The molecule has 0 radical (unpaired) electrons. The Balaban J connectivity index is 1.64. The number of benzene rings is 1. The van der Waals surface area contributed by atoms with E-state index in [1.807, 2.05) is 41.8 Å². The second kappa shape index (κ2) is 7.64. The number of rotatable bonds is 6. The average molecular weight is 361 g/mol. The second-order valence-corrected chi connectivity index (χ2v) is 6.84. The number of thiophene rings is 1. The van der Waals surface area contributed by atoms with Gasteiger partial charge >= 0.3 is 0 Å². The largest absolute Gasteiger partial charge is 0.390 e. The maximum absolute atomic E-state index is 12.6. The van der Waals surface area contributed by atoms with Crippen LogP contribution in [0.2, 0.25) is 5.02 Å². The lowest BCUT2D eigenvalue weighted by molar-refractivity contribution is 0.0452. The van der Waals surface area contributed by atoms with Crippen LogP contribution in [-0.2, 0) is 4.84 Å². The lowest BCUT2D eigenvalue weighted by atomic mass is 10.0. The van der Waals surface area contributed by atoms with Gasteiger partial charge in [0.1, 0.15) is 0 Å². The standard InChI is InChI=1S/C18H17ClN2O2S/c1-2-9-21(18(22)17-4-3-10-24-17)12-15-11-16(20-23-15)13-5-7-14(19)8-6-13/h2-8,10,15H,1,9,11-12H2. The van der Waals surface area contributed by atoms with Gasteiger partial charge in [0.2, 0.25) is 0 Å². The summed E-state index contributed by atoms with van der Waals surface area (Å²) in [5, 5.41) is 6.75. The maximum atomic E-state index is 12.6. The van der Waals surface area contributed by atoms with E-state index in [-0.39, 0.29) is 12.0 Å². The van der Waals surface area contributed by atoms with Crippen LogP contribution < -0.4 is 0 Å². The molecule has 0 saturated carbocycles. The Kier molecular flexibility index (Phi) is 5.33. The van der Waals surface area contributed by atoms with Gasteiger partial charge in [-0.2, -0.15) is 0 Å². The first-order valence-electron chi connectivity index (χ1n) is 7.59. The van der Waals surface area contributed by atoms with Gasteiger partial charge in [0.15, 0.2) is 6.10 Å². The summed E-state index contributed by atoms with van der Waals surface area (Å²) in [6.07, 6.45) is 2.23. The quantitative estimate of drug-likeness (QED) is 0.723. The minimum Gasteiger partial charge on any atom is -0.390 e. The van der Waals surface area contributed by atoms with Crippen LogP contribution in [0.4, 0.5) is 0 Å². The van der Waals surface area contributed by atoms with Crippen molar-refractivity contribution in [1.29, 1.82) is 0 Å². The zero-order chi connectivity index (χ0) is 16.9. The molecular formula is C18H17ClN2O2S. The fourth-order valence-corrected chi connectivity index (χ4v) is 3.35. The SMILES string of the molecule is C=CCN(CC1CC(c2ccc(Cl)cc2)=NO1)C(=O)c1cccs1. The van der Waals surface area contributed by atoms with Gasteiger partial charge in [-0.3, -0.25) is 4.79 Å². The highest BCUT2D eigenvalue weighted by Gasteiger charge is 2.27. The van der Waals surface area contributed by atoms with Crippen molar-refractivity contribution in [2.24, 2.45) is 5.16 Å². The molecule has 0 fully saturated rings. The van der Waals surface area contributed by atoms with E-state index in [2.05, 4.69) is 11.7 Å². The highest BCUT2D eigenvalue weighted by molar-refractivity contribution is 7.12. The first kappa shape index (κ1) is 16.7. The molecule has 0 saturated heterocycles. The van der Waals surface area contributed by atoms with Crippen LogP contribution in [0.25, 0.3) is 0 Å². The minimum absolute atomic E-state index is 0.00607. The molecule has 3 rings (SSSR count). The topological polar surface area (TPSA) is 41.9 Å². The number of oxime groups is 1. The molecule has 24 heavy (non-hydrogen) atoms. The zero-order valence-corrected chi connectivity index (χ0v) is 14.6. The summed E-state index contributed by atoms with van der Waals surface area (Å²) in [6, 6.07) is 11.2. The highest BCUT2D eigenvalue weighted by atomic mass is 35.5. The molecule has 0 spiro atoms. The van der Waals surface area contributed by atoms with E-state index >= 15 is 0 Å². The van der Waals surface area contributed by atoms with Crippen LogP contribution in [0.3, 0.4) is 0 Å². The fraction of sp³-hybridized carbons (Fsp3) is 0.222. The summed E-state index contributed by atoms with van der Waals surface area (Å²) in [6.45, 7) is 4.69. The Labute approximate surface area is 150 Å². The van der Waals surface area contributed by atoms with Crippen LogP contribution >= 0.6 is 22.9 Å². The van der Waals surface area contributed by atoms with Crippen LogP contribution in [-0.4, -0.2) is 35.7 Å². The molecule has 0 bridgehead atoms. The molecule has 0 aliphatic carbocycles. The summed E-state index contributed by atoms with van der Waals surface area (Å²) in [5.74, 6) is -0.00607. The smallest absolute Gasteiger partial charge is 0.264 e. The van der Waals surface area contributed by atoms with Crippen molar-refractivity contribution < 1.29 is 9.63 Å². The number of carbonyl (C=O) groups excluding carboxylic acids is 1. The van der Waals surface area contributed by atoms with Crippen molar-refractivity contribution in [1.82, 2.24) is 4.90 Å². The summed E-state index contributed by atoms with van der Waals surface area (Å²) in [4.78, 5) is 20.5. The first-order valence-corrected chi connectivity index (χ1v) is 8.85. The lowest BCUT2D eigenvalue weighted by Crippen LogP contribution is -2.37. The average Bonchev–Trinajstić information content (AvgIpc) is 3.26. The Bertz CT molecular complexity index is 741. The first-order chi connectivity index (χ1) is 11.7. The molecule has 2 aromatic rings. The minimum atomic E-state index is -0.153. The molecule has 1 aromatic carbocycles. The lowest BCUT2D eigenvalue weighted by Gasteiger charge is -2.22. The van der Waals surface area contributed by atoms with E-state index in [4.69, 9.17) is 16.4 Å². The highest BCUT2D eigenvalue weighted by Crippen LogP contribution is 2.20. The Morgan fingerprint density at radius 2 is 2.21 bits per heavy atom. The third-order valence-electron chi connectivity index (χ3n) is 3.70. The van der Waals surface area contributed by atoms with Crippen molar-refractivity contribution in [3.8, 4) is 0 Å². The normalized spacial score (nSPS) is 16.4. The molecule has 1 amide bonds. The number of hydrogen-bond donors (Lipinski definition) is 0. The maximum Gasteiger partial charge on any atom is 0.264 e. The number of hydrogen-bond acceptors (Lipinski definition) is 4. The Morgan fingerprint density at radius 1 is 1.42 bits per heavy atom. The number of amides is 1. The summed E-state index contributed by atoms with van der Waals surface area (Å²) < 4.78 is 0. The van der Waals surface area contributed by atoms with E-state index in [1.54, 1.807) is 11.0 Å². The second-order valence-electron chi connectivity index (χ2n) is 5.45. The van der Waals surface area contributed by atoms with Gasteiger partial charge in [-0.15, -0.1) is 17.9 Å². The summed E-state index contributed by atoms with van der Waals surface area (Å²) >= 11 is 7.35. The molecule has 2 heterocycles. The van der Waals surface area contributed by atoms with Crippen LogP contribution in [0.5, 0.6) is 0 Å². The molecule has 124 valence electrons. The van der Waals surface area contributed by atoms with Crippen molar-refractivity contribution in [3.63, 3.8) is 0 Å². The van der Waals surface area contributed by atoms with Crippen molar-refractivity contribution in [3.05, 3.63) is 69.9 Å². The van der Waals surface area contributed by atoms with Gasteiger partial charge in [0, 0.05) is 18.0 Å². The zero-order valence-electron chi connectivity index (χ0n) is 13.0. The van der Waals surface area contributed by atoms with Gasteiger partial charge in [-0.1, -0.05) is 41.0 Å². The predicted molar refractivity (Wildman–Crippen MR) is 97.9 cm³/mol. The molecule has 1 atom stereocenters. The number of nitrogens with zero attached hydrogens (tertiary/aromatic N) is 2.